The molecular formula is C33H30N4O5S. The van der Waals surface area contributed by atoms with Crippen molar-refractivity contribution >= 4 is 52.8 Å². The van der Waals surface area contributed by atoms with Crippen molar-refractivity contribution in [2.75, 3.05) is 17.7 Å². The van der Waals surface area contributed by atoms with E-state index in [4.69, 9.17) is 10.5 Å². The van der Waals surface area contributed by atoms with Gasteiger partial charge in [0, 0.05) is 27.4 Å². The molecule has 0 aliphatic carbocycles. The number of benzene rings is 4. The highest BCUT2D eigenvalue weighted by Gasteiger charge is 2.17. The SMILES string of the molecule is COc1ccc(/C=C(/NC(=O)c2ccccc2)C(=O)Nc2cccc(SC(C)C(=O)Nc3ccc(C(N)=O)cc3)c2)cc1. The van der Waals surface area contributed by atoms with E-state index in [0.717, 1.165) is 4.90 Å². The number of rotatable bonds is 11. The second-order valence-corrected chi connectivity index (χ2v) is 10.7. The molecule has 4 aromatic rings. The van der Waals surface area contributed by atoms with Crippen LogP contribution in [0.1, 0.15) is 33.2 Å². The van der Waals surface area contributed by atoms with Gasteiger partial charge >= 0.3 is 0 Å². The first-order valence-corrected chi connectivity index (χ1v) is 14.1. The van der Waals surface area contributed by atoms with Crippen molar-refractivity contribution in [3.05, 3.63) is 126 Å². The summed E-state index contributed by atoms with van der Waals surface area (Å²) in [5.41, 5.74) is 7.78. The number of amides is 4. The smallest absolute Gasteiger partial charge is 0.272 e. The van der Waals surface area contributed by atoms with Gasteiger partial charge in [0.25, 0.3) is 11.8 Å². The molecule has 0 fully saturated rings. The minimum Gasteiger partial charge on any atom is -0.497 e. The average Bonchev–Trinajstić information content (AvgIpc) is 3.01. The molecule has 1 unspecified atom stereocenters. The zero-order valence-electron chi connectivity index (χ0n) is 23.5. The van der Waals surface area contributed by atoms with Crippen LogP contribution >= 0.6 is 11.8 Å². The number of thioether (sulfide) groups is 1. The Balaban J connectivity index is 1.46. The Morgan fingerprint density at radius 2 is 1.49 bits per heavy atom. The highest BCUT2D eigenvalue weighted by molar-refractivity contribution is 8.00. The van der Waals surface area contributed by atoms with Crippen LogP contribution in [0.25, 0.3) is 6.08 Å². The molecule has 0 radical (unpaired) electrons. The number of methoxy groups -OCH3 is 1. The largest absolute Gasteiger partial charge is 0.497 e. The molecule has 0 spiro atoms. The van der Waals surface area contributed by atoms with Crippen molar-refractivity contribution in [3.8, 4) is 5.75 Å². The number of nitrogens with one attached hydrogen (secondary N) is 3. The number of anilines is 2. The zero-order valence-corrected chi connectivity index (χ0v) is 24.3. The van der Waals surface area contributed by atoms with Crippen molar-refractivity contribution in [2.45, 2.75) is 17.1 Å². The van der Waals surface area contributed by atoms with Gasteiger partial charge in [-0.3, -0.25) is 19.2 Å². The topological polar surface area (TPSA) is 140 Å². The van der Waals surface area contributed by atoms with E-state index in [9.17, 15) is 19.2 Å². The average molecular weight is 595 g/mol. The lowest BCUT2D eigenvalue weighted by molar-refractivity contribution is -0.115. The molecule has 0 saturated carbocycles. The van der Waals surface area contributed by atoms with E-state index in [2.05, 4.69) is 16.0 Å². The van der Waals surface area contributed by atoms with Gasteiger partial charge in [-0.2, -0.15) is 0 Å². The molecule has 0 bridgehead atoms. The summed E-state index contributed by atoms with van der Waals surface area (Å²) in [6.45, 7) is 1.76. The van der Waals surface area contributed by atoms with Crippen molar-refractivity contribution in [2.24, 2.45) is 5.73 Å². The summed E-state index contributed by atoms with van der Waals surface area (Å²) in [5, 5.41) is 7.90. The van der Waals surface area contributed by atoms with Crippen LogP contribution in [0.2, 0.25) is 0 Å². The van der Waals surface area contributed by atoms with Gasteiger partial charge in [0.2, 0.25) is 11.8 Å². The van der Waals surface area contributed by atoms with Crippen LogP contribution < -0.4 is 26.4 Å². The number of nitrogens with two attached hydrogens (primary N) is 1. The Kier molecular flexibility index (Phi) is 10.3. The molecule has 4 rings (SSSR count). The van der Waals surface area contributed by atoms with Crippen LogP contribution in [0.4, 0.5) is 11.4 Å². The van der Waals surface area contributed by atoms with Crippen molar-refractivity contribution < 1.29 is 23.9 Å². The normalized spacial score (nSPS) is 11.6. The quantitative estimate of drug-likeness (QED) is 0.137. The first-order valence-electron chi connectivity index (χ1n) is 13.2. The Morgan fingerprint density at radius 1 is 0.791 bits per heavy atom. The van der Waals surface area contributed by atoms with Crippen LogP contribution in [0.5, 0.6) is 5.75 Å². The maximum absolute atomic E-state index is 13.4. The molecule has 0 aliphatic rings. The fourth-order valence-electron chi connectivity index (χ4n) is 3.87. The van der Waals surface area contributed by atoms with Gasteiger partial charge in [-0.1, -0.05) is 36.4 Å². The third-order valence-corrected chi connectivity index (χ3v) is 7.26. The maximum Gasteiger partial charge on any atom is 0.272 e. The van der Waals surface area contributed by atoms with Crippen LogP contribution in [0.3, 0.4) is 0 Å². The molecule has 10 heteroatoms. The standard InChI is InChI=1S/C33H30N4O5S/c1-21(31(39)35-25-15-13-23(14-16-25)30(34)38)43-28-10-6-9-26(20-28)36-33(41)29(19-22-11-17-27(42-2)18-12-22)37-32(40)24-7-4-3-5-8-24/h3-21H,1-2H3,(H2,34,38)(H,35,39)(H,36,41)(H,37,40)/b29-19+. The number of carbonyl (C=O) groups is 4. The molecular weight excluding hydrogens is 564 g/mol. The predicted octanol–water partition coefficient (Wildman–Crippen LogP) is 5.32. The van der Waals surface area contributed by atoms with Gasteiger partial charge in [-0.15, -0.1) is 11.8 Å². The highest BCUT2D eigenvalue weighted by Crippen LogP contribution is 2.27. The lowest BCUT2D eigenvalue weighted by atomic mass is 10.1. The van der Waals surface area contributed by atoms with Crippen LogP contribution in [-0.4, -0.2) is 36.0 Å². The van der Waals surface area contributed by atoms with Crippen molar-refractivity contribution in [1.29, 1.82) is 0 Å². The Labute approximate surface area is 253 Å². The fourth-order valence-corrected chi connectivity index (χ4v) is 4.80. The monoisotopic (exact) mass is 594 g/mol. The Bertz CT molecular complexity index is 1640. The first kappa shape index (κ1) is 30.6. The van der Waals surface area contributed by atoms with Gasteiger partial charge in [-0.05, 0) is 85.3 Å². The van der Waals surface area contributed by atoms with E-state index in [-0.39, 0.29) is 11.6 Å². The van der Waals surface area contributed by atoms with Gasteiger partial charge in [0.1, 0.15) is 11.4 Å². The van der Waals surface area contributed by atoms with E-state index in [1.807, 2.05) is 6.07 Å². The third kappa shape index (κ3) is 8.82. The van der Waals surface area contributed by atoms with Gasteiger partial charge in [0.15, 0.2) is 0 Å². The molecule has 0 aliphatic heterocycles. The number of ether oxygens (including phenoxy) is 1. The van der Waals surface area contributed by atoms with Crippen LogP contribution in [0.15, 0.2) is 114 Å². The molecule has 4 aromatic carbocycles. The molecule has 0 heterocycles. The number of hydrogen-bond acceptors (Lipinski definition) is 6. The summed E-state index contributed by atoms with van der Waals surface area (Å²) in [7, 11) is 1.56. The first-order chi connectivity index (χ1) is 20.7. The summed E-state index contributed by atoms with van der Waals surface area (Å²) < 4.78 is 5.21. The van der Waals surface area contributed by atoms with Crippen molar-refractivity contribution in [3.63, 3.8) is 0 Å². The summed E-state index contributed by atoms with van der Waals surface area (Å²) in [5.74, 6) is -1.07. The molecule has 1 atom stereocenters. The van der Waals surface area contributed by atoms with E-state index < -0.39 is 23.0 Å². The minimum atomic E-state index is -0.546. The van der Waals surface area contributed by atoms with Crippen molar-refractivity contribution in [1.82, 2.24) is 5.32 Å². The van der Waals surface area contributed by atoms with Gasteiger partial charge < -0.3 is 26.4 Å². The lowest BCUT2D eigenvalue weighted by Crippen LogP contribution is -2.30. The highest BCUT2D eigenvalue weighted by atomic mass is 32.2. The Morgan fingerprint density at radius 3 is 2.14 bits per heavy atom. The minimum absolute atomic E-state index is 0.0483. The fraction of sp³-hybridized carbons (Fsp3) is 0.0909. The summed E-state index contributed by atoms with van der Waals surface area (Å²) in [6.07, 6.45) is 1.58. The maximum atomic E-state index is 13.4. The Hall–Kier alpha value is -5.35. The second kappa shape index (κ2) is 14.5. The van der Waals surface area contributed by atoms with Crippen LogP contribution in [-0.2, 0) is 9.59 Å². The molecule has 218 valence electrons. The molecule has 43 heavy (non-hydrogen) atoms. The number of primary amides is 1. The van der Waals surface area contributed by atoms with E-state index in [1.54, 1.807) is 117 Å². The second-order valence-electron chi connectivity index (χ2n) is 9.32. The van der Waals surface area contributed by atoms with E-state index in [0.29, 0.717) is 33.8 Å². The molecule has 5 N–H and O–H groups in total. The molecule has 4 amide bonds. The summed E-state index contributed by atoms with van der Waals surface area (Å²) >= 11 is 1.31. The predicted molar refractivity (Wildman–Crippen MR) is 169 cm³/mol. The third-order valence-electron chi connectivity index (χ3n) is 6.17. The van der Waals surface area contributed by atoms with Gasteiger partial charge in [-0.25, -0.2) is 0 Å². The summed E-state index contributed by atoms with van der Waals surface area (Å²) in [4.78, 5) is 51.1. The molecule has 0 saturated heterocycles. The van der Waals surface area contributed by atoms with E-state index in [1.165, 1.54) is 11.8 Å². The lowest BCUT2D eigenvalue weighted by Gasteiger charge is -2.14. The van der Waals surface area contributed by atoms with E-state index >= 15 is 0 Å². The summed E-state index contributed by atoms with van der Waals surface area (Å²) in [6, 6.07) is 29.0. The number of carbonyl (C=O) groups excluding carboxylic acids is 4. The molecule has 9 nitrogen and oxygen atoms in total. The molecule has 0 aromatic heterocycles. The van der Waals surface area contributed by atoms with Gasteiger partial charge in [0.05, 0.1) is 12.4 Å². The number of hydrogen-bond donors (Lipinski definition) is 4. The zero-order chi connectivity index (χ0) is 30.8. The van der Waals surface area contributed by atoms with Crippen LogP contribution in [0, 0.1) is 0 Å².